The van der Waals surface area contributed by atoms with Crippen LogP contribution in [0.15, 0.2) is 30.3 Å². The fraction of sp³-hybridized carbons (Fsp3) is 0.300. The second-order valence-electron chi connectivity index (χ2n) is 3.07. The summed E-state index contributed by atoms with van der Waals surface area (Å²) in [6.07, 6.45) is 1.15. The smallest absolute Gasteiger partial charge is 0.173 e. The van der Waals surface area contributed by atoms with E-state index in [0.29, 0.717) is 0 Å². The van der Waals surface area contributed by atoms with Crippen LogP contribution in [0.2, 0.25) is 0 Å². The zero-order chi connectivity index (χ0) is 9.10. The zero-order valence-electron chi connectivity index (χ0n) is 7.36. The van der Waals surface area contributed by atoms with E-state index >= 15 is 0 Å². The molecular weight excluding hydrogens is 180 g/mol. The Morgan fingerprint density at radius 3 is 2.69 bits per heavy atom. The highest BCUT2D eigenvalue weighted by Gasteiger charge is 2.14. The monoisotopic (exact) mass is 192 g/mol. The molecule has 0 radical (unpaired) electrons. The number of nitrogens with zero attached hydrogens (tertiary/aromatic N) is 1. The fourth-order valence-electron chi connectivity index (χ4n) is 1.48. The minimum absolute atomic E-state index is 0.845. The molecule has 0 saturated carbocycles. The van der Waals surface area contributed by atoms with Crippen LogP contribution in [0.1, 0.15) is 6.42 Å². The summed E-state index contributed by atoms with van der Waals surface area (Å²) in [5.74, 6) is 0. The van der Waals surface area contributed by atoms with E-state index in [1.54, 1.807) is 0 Å². The first-order chi connectivity index (χ1) is 6.38. The molecule has 0 bridgehead atoms. The van der Waals surface area contributed by atoms with Gasteiger partial charge in [0.05, 0.1) is 0 Å². The Morgan fingerprint density at radius 2 is 2.00 bits per heavy atom. The van der Waals surface area contributed by atoms with Gasteiger partial charge in [0.25, 0.3) is 0 Å². The van der Waals surface area contributed by atoms with Gasteiger partial charge in [0.15, 0.2) is 5.11 Å². The maximum absolute atomic E-state index is 5.22. The Morgan fingerprint density at radius 1 is 1.23 bits per heavy atom. The second-order valence-corrected chi connectivity index (χ2v) is 3.46. The predicted octanol–water partition coefficient (Wildman–Crippen LogP) is 1.77. The summed E-state index contributed by atoms with van der Waals surface area (Å²) >= 11 is 5.22. The summed E-state index contributed by atoms with van der Waals surface area (Å²) in [6, 6.07) is 10.3. The highest BCUT2D eigenvalue weighted by molar-refractivity contribution is 7.80. The van der Waals surface area contributed by atoms with Crippen LogP contribution in [-0.4, -0.2) is 18.2 Å². The van der Waals surface area contributed by atoms with Crippen LogP contribution in [0, 0.1) is 0 Å². The predicted molar refractivity (Wildman–Crippen MR) is 59.0 cm³/mol. The molecule has 3 heteroatoms. The quantitative estimate of drug-likeness (QED) is 0.683. The molecule has 1 heterocycles. The minimum Gasteiger partial charge on any atom is -0.362 e. The van der Waals surface area contributed by atoms with Crippen LogP contribution >= 0.6 is 12.2 Å². The molecule has 1 N–H and O–H groups in total. The number of benzene rings is 1. The number of anilines is 1. The molecule has 0 amide bonds. The van der Waals surface area contributed by atoms with Gasteiger partial charge in [-0.25, -0.2) is 0 Å². The van der Waals surface area contributed by atoms with Crippen molar-refractivity contribution in [2.75, 3.05) is 18.0 Å². The molecule has 0 aromatic heterocycles. The highest BCUT2D eigenvalue weighted by atomic mass is 32.1. The Labute approximate surface area is 83.6 Å². The molecule has 2 rings (SSSR count). The van der Waals surface area contributed by atoms with Gasteiger partial charge in [0, 0.05) is 18.8 Å². The van der Waals surface area contributed by atoms with Crippen molar-refractivity contribution in [3.8, 4) is 0 Å². The van der Waals surface area contributed by atoms with E-state index < -0.39 is 0 Å². The normalized spacial score (nSPS) is 16.9. The third-order valence-electron chi connectivity index (χ3n) is 2.15. The van der Waals surface area contributed by atoms with E-state index in [4.69, 9.17) is 12.2 Å². The van der Waals surface area contributed by atoms with Gasteiger partial charge in [-0.15, -0.1) is 0 Å². The molecule has 0 aliphatic carbocycles. The molecule has 0 unspecified atom stereocenters. The van der Waals surface area contributed by atoms with Gasteiger partial charge in [-0.05, 0) is 30.8 Å². The third kappa shape index (κ3) is 1.80. The highest BCUT2D eigenvalue weighted by Crippen LogP contribution is 2.15. The van der Waals surface area contributed by atoms with E-state index in [1.165, 1.54) is 5.69 Å². The van der Waals surface area contributed by atoms with Crippen molar-refractivity contribution in [1.82, 2.24) is 5.32 Å². The van der Waals surface area contributed by atoms with Crippen molar-refractivity contribution < 1.29 is 0 Å². The molecule has 1 aliphatic rings. The van der Waals surface area contributed by atoms with Crippen molar-refractivity contribution in [2.24, 2.45) is 0 Å². The summed E-state index contributed by atoms with van der Waals surface area (Å²) < 4.78 is 0. The van der Waals surface area contributed by atoms with E-state index in [0.717, 1.165) is 24.6 Å². The zero-order valence-corrected chi connectivity index (χ0v) is 8.18. The van der Waals surface area contributed by atoms with Gasteiger partial charge >= 0.3 is 0 Å². The van der Waals surface area contributed by atoms with Crippen LogP contribution in [0.3, 0.4) is 0 Å². The van der Waals surface area contributed by atoms with Gasteiger partial charge in [-0.2, -0.15) is 0 Å². The summed E-state index contributed by atoms with van der Waals surface area (Å²) in [6.45, 7) is 2.03. The van der Waals surface area contributed by atoms with Crippen molar-refractivity contribution in [2.45, 2.75) is 6.42 Å². The molecule has 1 aromatic rings. The summed E-state index contributed by atoms with van der Waals surface area (Å²) in [5.41, 5.74) is 1.18. The van der Waals surface area contributed by atoms with Crippen LogP contribution in [0.4, 0.5) is 5.69 Å². The molecule has 1 aliphatic heterocycles. The molecule has 0 atom stereocenters. The van der Waals surface area contributed by atoms with Gasteiger partial charge in [0.2, 0.25) is 0 Å². The van der Waals surface area contributed by atoms with E-state index in [-0.39, 0.29) is 0 Å². The van der Waals surface area contributed by atoms with Crippen molar-refractivity contribution in [3.05, 3.63) is 30.3 Å². The van der Waals surface area contributed by atoms with Gasteiger partial charge in [0.1, 0.15) is 0 Å². The minimum atomic E-state index is 0.845. The molecule has 1 fully saturated rings. The second kappa shape index (κ2) is 3.75. The molecular formula is C10H12N2S. The standard InChI is InChI=1S/C10H12N2S/c13-10-11-7-4-8-12(10)9-5-2-1-3-6-9/h1-3,5-6H,4,7-8H2,(H,11,13). The van der Waals surface area contributed by atoms with E-state index in [9.17, 15) is 0 Å². The van der Waals surface area contributed by atoms with Gasteiger partial charge in [-0.1, -0.05) is 18.2 Å². The number of para-hydroxylation sites is 1. The van der Waals surface area contributed by atoms with Crippen LogP contribution < -0.4 is 10.2 Å². The van der Waals surface area contributed by atoms with Crippen molar-refractivity contribution >= 4 is 23.0 Å². The molecule has 0 spiro atoms. The lowest BCUT2D eigenvalue weighted by Crippen LogP contribution is -2.46. The van der Waals surface area contributed by atoms with Gasteiger partial charge < -0.3 is 10.2 Å². The number of hydrogen-bond acceptors (Lipinski definition) is 1. The van der Waals surface area contributed by atoms with Crippen LogP contribution in [0.5, 0.6) is 0 Å². The molecule has 1 saturated heterocycles. The number of hydrogen-bond donors (Lipinski definition) is 1. The number of rotatable bonds is 1. The molecule has 68 valence electrons. The summed E-state index contributed by atoms with van der Waals surface area (Å²) in [4.78, 5) is 2.14. The number of thiocarbonyl (C=S) groups is 1. The van der Waals surface area contributed by atoms with Crippen LogP contribution in [0.25, 0.3) is 0 Å². The van der Waals surface area contributed by atoms with Crippen LogP contribution in [-0.2, 0) is 0 Å². The average molecular weight is 192 g/mol. The average Bonchev–Trinajstić information content (AvgIpc) is 2.20. The summed E-state index contributed by atoms with van der Waals surface area (Å²) in [7, 11) is 0. The largest absolute Gasteiger partial charge is 0.362 e. The maximum Gasteiger partial charge on any atom is 0.173 e. The first-order valence-corrected chi connectivity index (χ1v) is 4.89. The SMILES string of the molecule is S=C1NCCCN1c1ccccc1. The first kappa shape index (κ1) is 8.51. The van der Waals surface area contributed by atoms with E-state index in [2.05, 4.69) is 22.3 Å². The first-order valence-electron chi connectivity index (χ1n) is 4.48. The number of nitrogens with one attached hydrogen (secondary N) is 1. The fourth-order valence-corrected chi connectivity index (χ4v) is 1.78. The maximum atomic E-state index is 5.22. The molecule has 1 aromatic carbocycles. The lowest BCUT2D eigenvalue weighted by molar-refractivity contribution is 0.723. The Hall–Kier alpha value is -1.09. The Balaban J connectivity index is 2.20. The topological polar surface area (TPSA) is 15.3 Å². The Bertz CT molecular complexity index is 297. The van der Waals surface area contributed by atoms with Gasteiger partial charge in [-0.3, -0.25) is 0 Å². The third-order valence-corrected chi connectivity index (χ3v) is 2.51. The van der Waals surface area contributed by atoms with Crippen molar-refractivity contribution in [1.29, 1.82) is 0 Å². The lowest BCUT2D eigenvalue weighted by atomic mass is 10.2. The molecule has 13 heavy (non-hydrogen) atoms. The lowest BCUT2D eigenvalue weighted by Gasteiger charge is -2.30. The molecule has 2 nitrogen and oxygen atoms in total. The van der Waals surface area contributed by atoms with Crippen molar-refractivity contribution in [3.63, 3.8) is 0 Å². The van der Waals surface area contributed by atoms with E-state index in [1.807, 2.05) is 18.2 Å². The summed E-state index contributed by atoms with van der Waals surface area (Å²) in [5, 5.41) is 4.03. The Kier molecular flexibility index (Phi) is 2.45.